The van der Waals surface area contributed by atoms with Crippen LogP contribution < -0.4 is 14.2 Å². The molecule has 2 aliphatic rings. The standard InChI is InChI=1S/C11H8O3/c1-2-8(1)6-12-9-3-4-10-11(5-9)14-7-13-10/h1,3-5H,6-7H2. The van der Waals surface area contributed by atoms with Gasteiger partial charge < -0.3 is 14.2 Å². The van der Waals surface area contributed by atoms with E-state index in [-0.39, 0.29) is 0 Å². The molecule has 0 radical (unpaired) electrons. The molecule has 0 fully saturated rings. The van der Waals surface area contributed by atoms with Crippen molar-refractivity contribution in [2.45, 2.75) is 0 Å². The Hall–Kier alpha value is -1.86. The minimum atomic E-state index is 0.297. The number of hydrogen-bond donors (Lipinski definition) is 0. The van der Waals surface area contributed by atoms with E-state index in [1.165, 1.54) is 0 Å². The van der Waals surface area contributed by atoms with Crippen LogP contribution in [0.15, 0.2) is 35.6 Å². The van der Waals surface area contributed by atoms with Crippen molar-refractivity contribution in [2.75, 3.05) is 13.4 Å². The van der Waals surface area contributed by atoms with Gasteiger partial charge in [0, 0.05) is 11.6 Å². The molecule has 0 N–H and O–H groups in total. The van der Waals surface area contributed by atoms with Crippen LogP contribution >= 0.6 is 0 Å². The van der Waals surface area contributed by atoms with Gasteiger partial charge >= 0.3 is 0 Å². The Kier molecular flexibility index (Phi) is 1.52. The topological polar surface area (TPSA) is 27.7 Å². The summed E-state index contributed by atoms with van der Waals surface area (Å²) in [4.78, 5) is 0. The zero-order valence-corrected chi connectivity index (χ0v) is 7.45. The Morgan fingerprint density at radius 2 is 2.14 bits per heavy atom. The quantitative estimate of drug-likeness (QED) is 0.678. The van der Waals surface area contributed by atoms with Crippen LogP contribution in [-0.2, 0) is 0 Å². The first-order valence-electron chi connectivity index (χ1n) is 4.40. The van der Waals surface area contributed by atoms with Crippen molar-refractivity contribution in [3.63, 3.8) is 0 Å². The van der Waals surface area contributed by atoms with Crippen molar-refractivity contribution in [3.05, 3.63) is 35.6 Å². The fourth-order valence-corrected chi connectivity index (χ4v) is 1.26. The second-order valence-electron chi connectivity index (χ2n) is 3.12. The zero-order valence-electron chi connectivity index (χ0n) is 7.45. The Balaban J connectivity index is 1.74. The molecule has 1 aromatic rings. The molecule has 0 aromatic heterocycles. The molecule has 0 bridgehead atoms. The fraction of sp³-hybridized carbons (Fsp3) is 0.182. The molecule has 0 spiro atoms. The van der Waals surface area contributed by atoms with Crippen LogP contribution in [0.2, 0.25) is 0 Å². The molecule has 1 aromatic carbocycles. The van der Waals surface area contributed by atoms with Crippen LogP contribution in [-0.4, -0.2) is 13.4 Å². The van der Waals surface area contributed by atoms with E-state index in [0.29, 0.717) is 13.4 Å². The summed E-state index contributed by atoms with van der Waals surface area (Å²) in [7, 11) is 0. The monoisotopic (exact) mass is 188 g/mol. The number of hydrogen-bond acceptors (Lipinski definition) is 3. The minimum Gasteiger partial charge on any atom is -0.488 e. The van der Waals surface area contributed by atoms with Gasteiger partial charge in [0.05, 0.1) is 0 Å². The van der Waals surface area contributed by atoms with E-state index in [1.54, 1.807) is 0 Å². The maximum Gasteiger partial charge on any atom is 0.231 e. The molecule has 3 nitrogen and oxygen atoms in total. The van der Waals surface area contributed by atoms with Crippen molar-refractivity contribution in [3.8, 4) is 17.2 Å². The summed E-state index contributed by atoms with van der Waals surface area (Å²) in [5.41, 5.74) is 4.08. The first-order chi connectivity index (χ1) is 6.92. The zero-order chi connectivity index (χ0) is 9.38. The molecule has 1 aliphatic carbocycles. The molecule has 0 atom stereocenters. The summed E-state index contributed by atoms with van der Waals surface area (Å²) in [5.74, 6) is 2.32. The van der Waals surface area contributed by atoms with E-state index in [0.717, 1.165) is 22.8 Å². The Morgan fingerprint density at radius 3 is 3.00 bits per heavy atom. The van der Waals surface area contributed by atoms with Gasteiger partial charge in [-0.1, -0.05) is 0 Å². The number of rotatable bonds is 3. The number of benzene rings is 1. The van der Waals surface area contributed by atoms with Crippen molar-refractivity contribution in [2.24, 2.45) is 0 Å². The second kappa shape index (κ2) is 2.82. The molecule has 0 amide bonds. The van der Waals surface area contributed by atoms with Crippen molar-refractivity contribution >= 4 is 0 Å². The van der Waals surface area contributed by atoms with E-state index < -0.39 is 0 Å². The maximum atomic E-state index is 5.49. The third-order valence-corrected chi connectivity index (χ3v) is 2.09. The summed E-state index contributed by atoms with van der Waals surface area (Å²) >= 11 is 0. The van der Waals surface area contributed by atoms with E-state index in [2.05, 4.69) is 5.73 Å². The fourth-order valence-electron chi connectivity index (χ4n) is 1.26. The predicted molar refractivity (Wildman–Crippen MR) is 49.7 cm³/mol. The summed E-state index contributed by atoms with van der Waals surface area (Å²) in [6.07, 6.45) is 1.91. The molecule has 1 heterocycles. The molecule has 3 heteroatoms. The second-order valence-corrected chi connectivity index (χ2v) is 3.12. The predicted octanol–water partition coefficient (Wildman–Crippen LogP) is 1.89. The van der Waals surface area contributed by atoms with E-state index >= 15 is 0 Å². The average Bonchev–Trinajstić information content (AvgIpc) is 2.92. The molecule has 0 unspecified atom stereocenters. The average molecular weight is 188 g/mol. The van der Waals surface area contributed by atoms with Gasteiger partial charge in [-0.25, -0.2) is 0 Å². The van der Waals surface area contributed by atoms with Crippen LogP contribution in [0.25, 0.3) is 0 Å². The maximum absolute atomic E-state index is 5.49. The van der Waals surface area contributed by atoms with E-state index in [4.69, 9.17) is 14.2 Å². The molecular formula is C11H8O3. The van der Waals surface area contributed by atoms with E-state index in [1.807, 2.05) is 24.3 Å². The van der Waals surface area contributed by atoms with Gasteiger partial charge in [0.15, 0.2) is 11.5 Å². The molecule has 1 aliphatic heterocycles. The Labute approximate surface area is 81.2 Å². The molecule has 0 saturated heterocycles. The molecule has 3 rings (SSSR count). The highest BCUT2D eigenvalue weighted by Gasteiger charge is 2.13. The van der Waals surface area contributed by atoms with Gasteiger partial charge in [0.1, 0.15) is 12.4 Å². The van der Waals surface area contributed by atoms with Crippen LogP contribution in [0.4, 0.5) is 0 Å². The van der Waals surface area contributed by atoms with Crippen LogP contribution in [0.3, 0.4) is 0 Å². The molecule has 0 saturated carbocycles. The normalized spacial score (nSPS) is 15.3. The first kappa shape index (κ1) is 7.54. The van der Waals surface area contributed by atoms with Crippen LogP contribution in [0, 0.1) is 0 Å². The lowest BCUT2D eigenvalue weighted by Gasteiger charge is -2.03. The van der Waals surface area contributed by atoms with Gasteiger partial charge in [-0.05, 0) is 18.2 Å². The Bertz CT molecular complexity index is 442. The highest BCUT2D eigenvalue weighted by molar-refractivity contribution is 5.47. The SMILES string of the molecule is C1=CC=1COc1ccc2c(c1)OCO2. The highest BCUT2D eigenvalue weighted by Crippen LogP contribution is 2.35. The molecule has 14 heavy (non-hydrogen) atoms. The number of fused-ring (bicyclic) bond motifs is 1. The third kappa shape index (κ3) is 1.34. The van der Waals surface area contributed by atoms with Crippen LogP contribution in [0.1, 0.15) is 0 Å². The summed E-state index contributed by atoms with van der Waals surface area (Å²) in [6.45, 7) is 0.880. The van der Waals surface area contributed by atoms with Crippen molar-refractivity contribution in [1.29, 1.82) is 0 Å². The molecule has 70 valence electrons. The summed E-state index contributed by atoms with van der Waals surface area (Å²) in [6, 6.07) is 5.56. The van der Waals surface area contributed by atoms with E-state index in [9.17, 15) is 0 Å². The van der Waals surface area contributed by atoms with Gasteiger partial charge in [0.2, 0.25) is 6.79 Å². The highest BCUT2D eigenvalue weighted by atomic mass is 16.7. The third-order valence-electron chi connectivity index (χ3n) is 2.09. The van der Waals surface area contributed by atoms with Gasteiger partial charge in [-0.2, -0.15) is 0 Å². The summed E-state index contributed by atoms with van der Waals surface area (Å²) in [5, 5.41) is 0. The lowest BCUT2D eigenvalue weighted by molar-refractivity contribution is 0.174. The van der Waals surface area contributed by atoms with Gasteiger partial charge in [0.25, 0.3) is 0 Å². The largest absolute Gasteiger partial charge is 0.488 e. The molecular weight excluding hydrogens is 180 g/mol. The van der Waals surface area contributed by atoms with Crippen molar-refractivity contribution in [1.82, 2.24) is 0 Å². The smallest absolute Gasteiger partial charge is 0.231 e. The van der Waals surface area contributed by atoms with Gasteiger partial charge in [-0.15, -0.1) is 5.73 Å². The Morgan fingerprint density at radius 1 is 1.29 bits per heavy atom. The minimum absolute atomic E-state index is 0.297. The van der Waals surface area contributed by atoms with Gasteiger partial charge in [-0.3, -0.25) is 0 Å². The number of ether oxygens (including phenoxy) is 3. The van der Waals surface area contributed by atoms with Crippen molar-refractivity contribution < 1.29 is 14.2 Å². The lowest BCUT2D eigenvalue weighted by Crippen LogP contribution is -1.95. The lowest BCUT2D eigenvalue weighted by atomic mass is 10.3. The van der Waals surface area contributed by atoms with Crippen LogP contribution in [0.5, 0.6) is 17.2 Å². The first-order valence-corrected chi connectivity index (χ1v) is 4.40. The summed E-state index contributed by atoms with van der Waals surface area (Å²) < 4.78 is 15.9.